The summed E-state index contributed by atoms with van der Waals surface area (Å²) in [6.45, 7) is 0. The van der Waals surface area contributed by atoms with E-state index in [4.69, 9.17) is 9.47 Å². The zero-order valence-electron chi connectivity index (χ0n) is 18.3. The van der Waals surface area contributed by atoms with Gasteiger partial charge in [0.25, 0.3) is 0 Å². The van der Waals surface area contributed by atoms with Gasteiger partial charge in [-0.25, -0.2) is 0 Å². The molecule has 0 bridgehead atoms. The molecule has 2 nitrogen and oxygen atoms in total. The van der Waals surface area contributed by atoms with Gasteiger partial charge in [0, 0.05) is 0 Å². The fourth-order valence-corrected chi connectivity index (χ4v) is 4.93. The predicted octanol–water partition coefficient (Wildman–Crippen LogP) is 7.14. The van der Waals surface area contributed by atoms with Crippen LogP contribution in [0.15, 0.2) is 66.7 Å². The van der Waals surface area contributed by atoms with Gasteiger partial charge in [-0.15, -0.1) is 0 Å². The molecule has 1 aliphatic carbocycles. The average Bonchev–Trinajstić information content (AvgIpc) is 3.01. The molecule has 5 rings (SSSR count). The SMILES string of the molecule is COc1ccc(OC)c(CCCCc2ccc3c4c2ccc2cccc(c24)CC=C3)c1. The smallest absolute Gasteiger partial charge is 0.122 e. The maximum Gasteiger partial charge on any atom is 0.122 e. The molecule has 0 unspecified atom stereocenters. The van der Waals surface area contributed by atoms with E-state index in [1.165, 1.54) is 43.8 Å². The third kappa shape index (κ3) is 3.67. The van der Waals surface area contributed by atoms with Crippen LogP contribution in [0.25, 0.3) is 27.6 Å². The third-order valence-corrected chi connectivity index (χ3v) is 6.50. The van der Waals surface area contributed by atoms with Crippen LogP contribution >= 0.6 is 0 Å². The largest absolute Gasteiger partial charge is 0.497 e. The summed E-state index contributed by atoms with van der Waals surface area (Å²) in [7, 11) is 3.44. The number of methoxy groups -OCH3 is 2. The van der Waals surface area contributed by atoms with Crippen LogP contribution in [-0.4, -0.2) is 14.2 Å². The van der Waals surface area contributed by atoms with Crippen molar-refractivity contribution in [3.63, 3.8) is 0 Å². The van der Waals surface area contributed by atoms with Crippen molar-refractivity contribution >= 4 is 27.6 Å². The Kier molecular flexibility index (Phi) is 5.38. The normalized spacial score (nSPS) is 12.5. The predicted molar refractivity (Wildman–Crippen MR) is 130 cm³/mol. The van der Waals surface area contributed by atoms with Crippen molar-refractivity contribution in [3.8, 4) is 11.5 Å². The van der Waals surface area contributed by atoms with Gasteiger partial charge in [-0.2, -0.15) is 0 Å². The highest BCUT2D eigenvalue weighted by molar-refractivity contribution is 6.14. The second-order valence-corrected chi connectivity index (χ2v) is 8.31. The first-order valence-corrected chi connectivity index (χ1v) is 11.1. The molecule has 2 heteroatoms. The highest BCUT2D eigenvalue weighted by Crippen LogP contribution is 2.36. The molecule has 0 N–H and O–H groups in total. The van der Waals surface area contributed by atoms with E-state index in [-0.39, 0.29) is 0 Å². The van der Waals surface area contributed by atoms with E-state index in [1.54, 1.807) is 14.2 Å². The summed E-state index contributed by atoms with van der Waals surface area (Å²) in [5.41, 5.74) is 5.44. The Balaban J connectivity index is 1.40. The van der Waals surface area contributed by atoms with Gasteiger partial charge in [0.15, 0.2) is 0 Å². The molecule has 156 valence electrons. The maximum absolute atomic E-state index is 5.54. The summed E-state index contributed by atoms with van der Waals surface area (Å²) < 4.78 is 10.9. The molecule has 0 atom stereocenters. The Labute approximate surface area is 184 Å². The van der Waals surface area contributed by atoms with E-state index in [9.17, 15) is 0 Å². The fourth-order valence-electron chi connectivity index (χ4n) is 4.93. The lowest BCUT2D eigenvalue weighted by Crippen LogP contribution is -1.96. The van der Waals surface area contributed by atoms with Gasteiger partial charge in [0.05, 0.1) is 14.2 Å². The van der Waals surface area contributed by atoms with E-state index in [1.807, 2.05) is 12.1 Å². The lowest BCUT2D eigenvalue weighted by Gasteiger charge is -2.14. The van der Waals surface area contributed by atoms with Crippen molar-refractivity contribution in [1.29, 1.82) is 0 Å². The summed E-state index contributed by atoms with van der Waals surface area (Å²) >= 11 is 0. The lowest BCUT2D eigenvalue weighted by molar-refractivity contribution is 0.398. The molecule has 0 amide bonds. The van der Waals surface area contributed by atoms with Gasteiger partial charge in [-0.3, -0.25) is 0 Å². The minimum atomic E-state index is 0.888. The molecule has 1 aliphatic rings. The highest BCUT2D eigenvalue weighted by Gasteiger charge is 2.13. The van der Waals surface area contributed by atoms with Crippen molar-refractivity contribution in [2.45, 2.75) is 32.1 Å². The van der Waals surface area contributed by atoms with Crippen molar-refractivity contribution in [1.82, 2.24) is 0 Å². The molecule has 0 aliphatic heterocycles. The molecular formula is C29H28O2. The zero-order valence-corrected chi connectivity index (χ0v) is 18.3. The Morgan fingerprint density at radius 2 is 1.65 bits per heavy atom. The van der Waals surface area contributed by atoms with Crippen LogP contribution < -0.4 is 9.47 Å². The van der Waals surface area contributed by atoms with Crippen molar-refractivity contribution < 1.29 is 9.47 Å². The number of ether oxygens (including phenoxy) is 2. The number of hydrogen-bond donors (Lipinski definition) is 0. The Bertz CT molecular complexity index is 1280. The average molecular weight is 409 g/mol. The third-order valence-electron chi connectivity index (χ3n) is 6.50. The van der Waals surface area contributed by atoms with Crippen LogP contribution in [0.5, 0.6) is 11.5 Å². The van der Waals surface area contributed by atoms with Gasteiger partial charge in [-0.1, -0.05) is 54.6 Å². The van der Waals surface area contributed by atoms with Gasteiger partial charge in [0.2, 0.25) is 0 Å². The second kappa shape index (κ2) is 8.47. The van der Waals surface area contributed by atoms with E-state index in [0.29, 0.717) is 0 Å². The molecule has 0 spiro atoms. The minimum absolute atomic E-state index is 0.888. The van der Waals surface area contributed by atoms with E-state index in [2.05, 4.69) is 60.7 Å². The monoisotopic (exact) mass is 408 g/mol. The number of rotatable bonds is 7. The van der Waals surface area contributed by atoms with Crippen molar-refractivity contribution in [2.75, 3.05) is 14.2 Å². The summed E-state index contributed by atoms with van der Waals surface area (Å²) in [6, 6.07) is 22.0. The number of hydrogen-bond acceptors (Lipinski definition) is 2. The first kappa shape index (κ1) is 19.7. The topological polar surface area (TPSA) is 18.5 Å². The zero-order chi connectivity index (χ0) is 21.2. The van der Waals surface area contributed by atoms with Crippen LogP contribution in [0.1, 0.15) is 35.1 Å². The first-order valence-electron chi connectivity index (χ1n) is 11.1. The number of unbranched alkanes of at least 4 members (excludes halogenated alkanes) is 1. The molecule has 0 saturated carbocycles. The standard InChI is InChI=1S/C29H28O2/c1-30-25-16-18-27(31-2)24(19-25)8-4-3-7-20-13-14-23-12-6-10-21-9-5-11-22-15-17-26(20)29(23)28(21)22/h5-6,9,11-19H,3-4,7-8,10H2,1-2H3. The molecule has 4 aromatic carbocycles. The quantitative estimate of drug-likeness (QED) is 0.239. The number of allylic oxidation sites excluding steroid dienone is 1. The van der Waals surface area contributed by atoms with Crippen molar-refractivity contribution in [2.24, 2.45) is 0 Å². The van der Waals surface area contributed by atoms with Gasteiger partial charge in [0.1, 0.15) is 11.5 Å². The van der Waals surface area contributed by atoms with Gasteiger partial charge < -0.3 is 9.47 Å². The molecule has 0 fully saturated rings. The van der Waals surface area contributed by atoms with Gasteiger partial charge in [-0.05, 0) is 94.1 Å². The van der Waals surface area contributed by atoms with Crippen LogP contribution in [-0.2, 0) is 19.3 Å². The molecule has 0 heterocycles. The van der Waals surface area contributed by atoms with Crippen LogP contribution in [0.4, 0.5) is 0 Å². The van der Waals surface area contributed by atoms with Gasteiger partial charge >= 0.3 is 0 Å². The Hall–Kier alpha value is -3.26. The molecule has 0 aromatic heterocycles. The highest BCUT2D eigenvalue weighted by atomic mass is 16.5. The summed E-state index contributed by atoms with van der Waals surface area (Å²) in [5, 5.41) is 5.61. The van der Waals surface area contributed by atoms with Crippen molar-refractivity contribution in [3.05, 3.63) is 89.0 Å². The molecular weight excluding hydrogens is 380 g/mol. The number of benzene rings is 4. The Morgan fingerprint density at radius 3 is 2.48 bits per heavy atom. The number of aryl methyl sites for hydroxylation is 2. The Morgan fingerprint density at radius 1 is 0.774 bits per heavy atom. The van der Waals surface area contributed by atoms with E-state index < -0.39 is 0 Å². The lowest BCUT2D eigenvalue weighted by atomic mass is 9.91. The van der Waals surface area contributed by atoms with Crippen LogP contribution in [0, 0.1) is 0 Å². The summed E-state index contributed by atoms with van der Waals surface area (Å²) in [4.78, 5) is 0. The van der Waals surface area contributed by atoms with Crippen LogP contribution in [0.3, 0.4) is 0 Å². The van der Waals surface area contributed by atoms with Crippen LogP contribution in [0.2, 0.25) is 0 Å². The summed E-state index contributed by atoms with van der Waals surface area (Å²) in [5.74, 6) is 1.83. The fraction of sp³-hybridized carbons (Fsp3) is 0.241. The van der Waals surface area contributed by atoms with E-state index >= 15 is 0 Å². The molecule has 0 saturated heterocycles. The second-order valence-electron chi connectivity index (χ2n) is 8.31. The molecule has 4 aromatic rings. The summed E-state index contributed by atoms with van der Waals surface area (Å²) in [6.07, 6.45) is 9.93. The maximum atomic E-state index is 5.54. The molecule has 0 radical (unpaired) electrons. The first-order chi connectivity index (χ1) is 15.3. The minimum Gasteiger partial charge on any atom is -0.497 e. The van der Waals surface area contributed by atoms with E-state index in [0.717, 1.165) is 43.6 Å². The molecule has 31 heavy (non-hydrogen) atoms.